The highest BCUT2D eigenvalue weighted by Crippen LogP contribution is 2.19. The van der Waals surface area contributed by atoms with Crippen molar-refractivity contribution in [1.82, 2.24) is 4.57 Å². The molecule has 1 N–H and O–H groups in total. The van der Waals surface area contributed by atoms with Gasteiger partial charge in [0.2, 0.25) is 0 Å². The zero-order valence-corrected chi connectivity index (χ0v) is 14.3. The summed E-state index contributed by atoms with van der Waals surface area (Å²) in [6, 6.07) is 9.65. The Bertz CT molecular complexity index is 685. The van der Waals surface area contributed by atoms with Gasteiger partial charge in [-0.2, -0.15) is 5.10 Å². The first-order valence-corrected chi connectivity index (χ1v) is 8.34. The van der Waals surface area contributed by atoms with Gasteiger partial charge < -0.3 is 9.30 Å². The average Bonchev–Trinajstić information content (AvgIpc) is 3.14. The van der Waals surface area contributed by atoms with Gasteiger partial charge in [0.05, 0.1) is 18.0 Å². The Labute approximate surface area is 142 Å². The Morgan fingerprint density at radius 2 is 2.13 bits per heavy atom. The van der Waals surface area contributed by atoms with Crippen LogP contribution in [0.25, 0.3) is 0 Å². The van der Waals surface area contributed by atoms with E-state index in [0.717, 1.165) is 35.8 Å². The first-order valence-electron chi connectivity index (χ1n) is 7.96. The molecule has 122 valence electrons. The second-order valence-corrected chi connectivity index (χ2v) is 6.39. The number of ether oxygens (including phenoxy) is 1. The van der Waals surface area contributed by atoms with Crippen LogP contribution in [0.1, 0.15) is 29.8 Å². The van der Waals surface area contributed by atoms with E-state index in [1.165, 1.54) is 17.8 Å². The van der Waals surface area contributed by atoms with Crippen LogP contribution >= 0.6 is 11.6 Å². The van der Waals surface area contributed by atoms with Crippen LogP contribution in [-0.4, -0.2) is 23.5 Å². The molecule has 0 amide bonds. The summed E-state index contributed by atoms with van der Waals surface area (Å²) in [4.78, 5) is 0. The Morgan fingerprint density at radius 1 is 1.35 bits per heavy atom. The van der Waals surface area contributed by atoms with Gasteiger partial charge in [0.25, 0.3) is 0 Å². The molecule has 2 aromatic rings. The van der Waals surface area contributed by atoms with Crippen molar-refractivity contribution in [2.45, 2.75) is 39.3 Å². The molecule has 0 bridgehead atoms. The van der Waals surface area contributed by atoms with Crippen molar-refractivity contribution in [3.63, 3.8) is 0 Å². The molecule has 1 saturated heterocycles. The molecule has 3 rings (SSSR count). The van der Waals surface area contributed by atoms with E-state index in [2.05, 4.69) is 35.0 Å². The highest BCUT2D eigenvalue weighted by molar-refractivity contribution is 6.30. The van der Waals surface area contributed by atoms with Gasteiger partial charge in [-0.05, 0) is 57.0 Å². The lowest BCUT2D eigenvalue weighted by Crippen LogP contribution is -2.16. The SMILES string of the molecule is Cc1cc(/C=N\Nc2ccc(Cl)cc2)c(C)n1C[C@@H]1CCCO1. The molecule has 0 spiro atoms. The largest absolute Gasteiger partial charge is 0.376 e. The number of halogens is 1. The molecule has 1 aromatic carbocycles. The number of rotatable bonds is 5. The molecule has 5 heteroatoms. The lowest BCUT2D eigenvalue weighted by molar-refractivity contribution is 0.0962. The van der Waals surface area contributed by atoms with Crippen molar-refractivity contribution in [2.24, 2.45) is 5.10 Å². The van der Waals surface area contributed by atoms with Crippen molar-refractivity contribution >= 4 is 23.5 Å². The fourth-order valence-electron chi connectivity index (χ4n) is 2.93. The van der Waals surface area contributed by atoms with Gasteiger partial charge in [-0.25, -0.2) is 0 Å². The molecule has 4 nitrogen and oxygen atoms in total. The third-order valence-electron chi connectivity index (χ3n) is 4.26. The number of aryl methyl sites for hydroxylation is 1. The van der Waals surface area contributed by atoms with E-state index in [-0.39, 0.29) is 0 Å². The molecule has 2 heterocycles. The number of anilines is 1. The van der Waals surface area contributed by atoms with E-state index in [4.69, 9.17) is 16.3 Å². The molecule has 1 aliphatic heterocycles. The number of benzene rings is 1. The summed E-state index contributed by atoms with van der Waals surface area (Å²) < 4.78 is 8.07. The van der Waals surface area contributed by atoms with Crippen molar-refractivity contribution in [3.8, 4) is 0 Å². The second kappa shape index (κ2) is 7.20. The minimum atomic E-state index is 0.344. The zero-order valence-electron chi connectivity index (χ0n) is 13.6. The van der Waals surface area contributed by atoms with Gasteiger partial charge >= 0.3 is 0 Å². The number of aromatic nitrogens is 1. The van der Waals surface area contributed by atoms with Crippen molar-refractivity contribution in [3.05, 3.63) is 52.3 Å². The third kappa shape index (κ3) is 3.95. The topological polar surface area (TPSA) is 38.5 Å². The summed E-state index contributed by atoms with van der Waals surface area (Å²) in [7, 11) is 0. The highest BCUT2D eigenvalue weighted by Gasteiger charge is 2.18. The summed E-state index contributed by atoms with van der Waals surface area (Å²) in [5.41, 5.74) is 7.53. The van der Waals surface area contributed by atoms with E-state index in [1.54, 1.807) is 0 Å². The van der Waals surface area contributed by atoms with Crippen LogP contribution in [0.5, 0.6) is 0 Å². The number of hydrazone groups is 1. The molecule has 1 aliphatic rings. The van der Waals surface area contributed by atoms with E-state index >= 15 is 0 Å². The lowest BCUT2D eigenvalue weighted by atomic mass is 10.2. The summed E-state index contributed by atoms with van der Waals surface area (Å²) in [5.74, 6) is 0. The van der Waals surface area contributed by atoms with Crippen molar-refractivity contribution in [2.75, 3.05) is 12.0 Å². The van der Waals surface area contributed by atoms with Gasteiger partial charge in [-0.3, -0.25) is 5.43 Å². The maximum Gasteiger partial charge on any atom is 0.0754 e. The van der Waals surface area contributed by atoms with Gasteiger partial charge in [-0.1, -0.05) is 11.6 Å². The Hall–Kier alpha value is -1.78. The van der Waals surface area contributed by atoms with Crippen molar-refractivity contribution < 1.29 is 4.74 Å². The standard InChI is InChI=1S/C18H22ClN3O/c1-13-10-15(11-20-21-17-7-5-16(19)6-8-17)14(2)22(13)12-18-4-3-9-23-18/h5-8,10-11,18,21H,3-4,9,12H2,1-2H3/b20-11-/t18-/m0/s1. The molecular formula is C18H22ClN3O. The van der Waals surface area contributed by atoms with Gasteiger partial charge in [0.15, 0.2) is 0 Å². The maximum atomic E-state index is 5.87. The summed E-state index contributed by atoms with van der Waals surface area (Å²) in [6.07, 6.45) is 4.53. The number of hydrogen-bond acceptors (Lipinski definition) is 3. The smallest absolute Gasteiger partial charge is 0.0754 e. The molecule has 23 heavy (non-hydrogen) atoms. The second-order valence-electron chi connectivity index (χ2n) is 5.95. The first kappa shape index (κ1) is 16.1. The molecule has 0 unspecified atom stereocenters. The van der Waals surface area contributed by atoms with Crippen molar-refractivity contribution in [1.29, 1.82) is 0 Å². The molecule has 1 atom stereocenters. The Morgan fingerprint density at radius 3 is 2.83 bits per heavy atom. The quantitative estimate of drug-likeness (QED) is 0.652. The monoisotopic (exact) mass is 331 g/mol. The van der Waals surface area contributed by atoms with Gasteiger partial charge in [0, 0.05) is 35.1 Å². The fraction of sp³-hybridized carbons (Fsp3) is 0.389. The van der Waals surface area contributed by atoms with Gasteiger partial charge in [-0.15, -0.1) is 0 Å². The van der Waals surface area contributed by atoms with Crippen LogP contribution in [0.3, 0.4) is 0 Å². The highest BCUT2D eigenvalue weighted by atomic mass is 35.5. The summed E-state index contributed by atoms with van der Waals surface area (Å²) in [5, 5.41) is 5.05. The van der Waals surface area contributed by atoms with Crippen LogP contribution in [0.4, 0.5) is 5.69 Å². The summed E-state index contributed by atoms with van der Waals surface area (Å²) in [6.45, 7) is 6.08. The number of nitrogens with zero attached hydrogens (tertiary/aromatic N) is 2. The molecule has 0 radical (unpaired) electrons. The van der Waals surface area contributed by atoms with Crippen LogP contribution in [0, 0.1) is 13.8 Å². The van der Waals surface area contributed by atoms with Crippen LogP contribution in [0.2, 0.25) is 5.02 Å². The predicted molar refractivity (Wildman–Crippen MR) is 95.5 cm³/mol. The average molecular weight is 332 g/mol. The summed E-state index contributed by atoms with van der Waals surface area (Å²) >= 11 is 5.87. The molecule has 0 aliphatic carbocycles. The van der Waals surface area contributed by atoms with Gasteiger partial charge in [0.1, 0.15) is 0 Å². The number of hydrogen-bond donors (Lipinski definition) is 1. The van der Waals surface area contributed by atoms with E-state index < -0.39 is 0 Å². The maximum absolute atomic E-state index is 5.87. The number of nitrogens with one attached hydrogen (secondary N) is 1. The third-order valence-corrected chi connectivity index (χ3v) is 4.52. The molecule has 0 saturated carbocycles. The van der Waals surface area contributed by atoms with Crippen LogP contribution in [0.15, 0.2) is 35.4 Å². The lowest BCUT2D eigenvalue weighted by Gasteiger charge is -2.14. The zero-order chi connectivity index (χ0) is 16.2. The molecular weight excluding hydrogens is 310 g/mol. The van der Waals surface area contributed by atoms with Crippen LogP contribution < -0.4 is 5.43 Å². The normalized spacial score (nSPS) is 18.0. The van der Waals surface area contributed by atoms with E-state index in [1.807, 2.05) is 30.5 Å². The molecule has 1 aromatic heterocycles. The van der Waals surface area contributed by atoms with E-state index in [0.29, 0.717) is 6.10 Å². The predicted octanol–water partition coefficient (Wildman–Crippen LogP) is 4.38. The minimum Gasteiger partial charge on any atom is -0.376 e. The molecule has 1 fully saturated rings. The minimum absolute atomic E-state index is 0.344. The Balaban J connectivity index is 1.67. The van der Waals surface area contributed by atoms with E-state index in [9.17, 15) is 0 Å². The van der Waals surface area contributed by atoms with Crippen LogP contribution in [-0.2, 0) is 11.3 Å². The fourth-order valence-corrected chi connectivity index (χ4v) is 3.06. The first-order chi connectivity index (χ1) is 11.1. The Kier molecular flexibility index (Phi) is 5.03.